The minimum Gasteiger partial charge on any atom is -0.472 e. The zero-order valence-corrected chi connectivity index (χ0v) is 13.5. The van der Waals surface area contributed by atoms with Gasteiger partial charge >= 0.3 is 0 Å². The Bertz CT molecular complexity index is 654. The maximum Gasteiger partial charge on any atom is 0.213 e. The van der Waals surface area contributed by atoms with Crippen LogP contribution in [0.25, 0.3) is 0 Å². The number of likely N-dealkylation sites (tertiary alicyclic amines) is 1. The summed E-state index contributed by atoms with van der Waals surface area (Å²) in [6, 6.07) is 5.70. The SMILES string of the molecule is CN=C(NCc1nccn1C)N1CCC(Oc2ccccn2)C1. The lowest BCUT2D eigenvalue weighted by molar-refractivity contribution is 0.205. The Labute approximate surface area is 136 Å². The Morgan fingerprint density at radius 2 is 2.30 bits per heavy atom. The van der Waals surface area contributed by atoms with Crippen LogP contribution >= 0.6 is 0 Å². The van der Waals surface area contributed by atoms with Crippen molar-refractivity contribution in [3.05, 3.63) is 42.6 Å². The molecule has 1 saturated heterocycles. The molecular formula is C16H22N6O. The van der Waals surface area contributed by atoms with Crippen LogP contribution in [0, 0.1) is 0 Å². The third-order valence-electron chi connectivity index (χ3n) is 3.91. The van der Waals surface area contributed by atoms with Gasteiger partial charge in [0.2, 0.25) is 5.88 Å². The van der Waals surface area contributed by atoms with Crippen molar-refractivity contribution in [3.8, 4) is 5.88 Å². The van der Waals surface area contributed by atoms with Crippen LogP contribution in [0.3, 0.4) is 0 Å². The molecule has 0 aromatic carbocycles. The maximum absolute atomic E-state index is 5.92. The lowest BCUT2D eigenvalue weighted by Crippen LogP contribution is -2.40. The molecule has 2 aromatic heterocycles. The summed E-state index contributed by atoms with van der Waals surface area (Å²) in [5.41, 5.74) is 0. The van der Waals surface area contributed by atoms with Gasteiger partial charge in [0.05, 0.1) is 13.1 Å². The first kappa shape index (κ1) is 15.3. The summed E-state index contributed by atoms with van der Waals surface area (Å²) in [5.74, 6) is 2.53. The second-order valence-corrected chi connectivity index (χ2v) is 5.50. The first-order valence-corrected chi connectivity index (χ1v) is 7.75. The van der Waals surface area contributed by atoms with Crippen LogP contribution in [-0.2, 0) is 13.6 Å². The van der Waals surface area contributed by atoms with Crippen LogP contribution in [0.4, 0.5) is 0 Å². The Hall–Kier alpha value is -2.57. The predicted molar refractivity (Wildman–Crippen MR) is 88.2 cm³/mol. The van der Waals surface area contributed by atoms with Crippen molar-refractivity contribution >= 4 is 5.96 Å². The van der Waals surface area contributed by atoms with E-state index in [9.17, 15) is 0 Å². The smallest absolute Gasteiger partial charge is 0.213 e. The van der Waals surface area contributed by atoms with Gasteiger partial charge in [0.1, 0.15) is 11.9 Å². The van der Waals surface area contributed by atoms with Crippen LogP contribution in [0.5, 0.6) is 5.88 Å². The highest BCUT2D eigenvalue weighted by Crippen LogP contribution is 2.16. The normalized spacial score (nSPS) is 18.3. The summed E-state index contributed by atoms with van der Waals surface area (Å²) in [7, 11) is 3.78. The topological polar surface area (TPSA) is 67.6 Å². The molecule has 1 atom stereocenters. The quantitative estimate of drug-likeness (QED) is 0.675. The van der Waals surface area contributed by atoms with Gasteiger partial charge in [-0.25, -0.2) is 9.97 Å². The van der Waals surface area contributed by atoms with Crippen molar-refractivity contribution in [2.45, 2.75) is 19.1 Å². The van der Waals surface area contributed by atoms with Gasteiger partial charge in [-0.15, -0.1) is 0 Å². The van der Waals surface area contributed by atoms with Gasteiger partial charge in [-0.05, 0) is 6.07 Å². The number of aryl methyl sites for hydroxylation is 1. The molecule has 7 nitrogen and oxygen atoms in total. The van der Waals surface area contributed by atoms with Crippen LogP contribution < -0.4 is 10.1 Å². The van der Waals surface area contributed by atoms with Crippen molar-refractivity contribution < 1.29 is 4.74 Å². The van der Waals surface area contributed by atoms with Crippen LogP contribution in [0.1, 0.15) is 12.2 Å². The minimum atomic E-state index is 0.136. The molecule has 3 rings (SSSR count). The fraction of sp³-hybridized carbons (Fsp3) is 0.438. The third-order valence-corrected chi connectivity index (χ3v) is 3.91. The van der Waals surface area contributed by atoms with E-state index >= 15 is 0 Å². The number of nitrogens with zero attached hydrogens (tertiary/aromatic N) is 5. The van der Waals surface area contributed by atoms with Crippen LogP contribution in [0.2, 0.25) is 0 Å². The molecule has 0 spiro atoms. The van der Waals surface area contributed by atoms with Crippen LogP contribution in [-0.4, -0.2) is 51.6 Å². The van der Waals surface area contributed by atoms with E-state index in [0.29, 0.717) is 12.4 Å². The highest BCUT2D eigenvalue weighted by atomic mass is 16.5. The summed E-state index contributed by atoms with van der Waals surface area (Å²) in [6.07, 6.45) is 6.57. The van der Waals surface area contributed by atoms with Crippen molar-refractivity contribution in [3.63, 3.8) is 0 Å². The Morgan fingerprint density at radius 1 is 1.39 bits per heavy atom. The number of pyridine rings is 1. The molecule has 1 N–H and O–H groups in total. The van der Waals surface area contributed by atoms with E-state index in [-0.39, 0.29) is 6.10 Å². The molecule has 0 radical (unpaired) electrons. The number of ether oxygens (including phenoxy) is 1. The van der Waals surface area contributed by atoms with Crippen LogP contribution in [0.15, 0.2) is 41.8 Å². The van der Waals surface area contributed by atoms with Crippen molar-refractivity contribution in [2.75, 3.05) is 20.1 Å². The summed E-state index contributed by atoms with van der Waals surface area (Å²) in [4.78, 5) is 15.1. The third kappa shape index (κ3) is 3.80. The molecule has 1 aliphatic rings. The molecule has 0 amide bonds. The molecule has 1 aliphatic heterocycles. The number of nitrogens with one attached hydrogen (secondary N) is 1. The van der Waals surface area contributed by atoms with Gasteiger partial charge in [-0.3, -0.25) is 4.99 Å². The molecule has 122 valence electrons. The molecule has 1 fully saturated rings. The van der Waals surface area contributed by atoms with Crippen molar-refractivity contribution in [1.29, 1.82) is 0 Å². The van der Waals surface area contributed by atoms with Gasteiger partial charge in [-0.2, -0.15) is 0 Å². The number of aromatic nitrogens is 3. The average Bonchev–Trinajstić information content (AvgIpc) is 3.19. The molecule has 7 heteroatoms. The zero-order chi connectivity index (χ0) is 16.1. The fourth-order valence-corrected chi connectivity index (χ4v) is 2.66. The van der Waals surface area contributed by atoms with Gasteiger partial charge in [0.25, 0.3) is 0 Å². The van der Waals surface area contributed by atoms with E-state index in [1.807, 2.05) is 36.0 Å². The standard InChI is InChI=1S/C16H22N6O/c1-17-16(20-11-14-18-8-10-21(14)2)22-9-6-13(12-22)23-15-5-3-4-7-19-15/h3-5,7-8,10,13H,6,9,11-12H2,1-2H3,(H,17,20). The summed E-state index contributed by atoms with van der Waals surface area (Å²) < 4.78 is 7.91. The molecule has 0 aliphatic carbocycles. The first-order chi connectivity index (χ1) is 11.3. The van der Waals surface area contributed by atoms with E-state index in [1.165, 1.54) is 0 Å². The van der Waals surface area contributed by atoms with E-state index in [4.69, 9.17) is 4.74 Å². The van der Waals surface area contributed by atoms with Gasteiger partial charge in [0, 0.05) is 51.7 Å². The predicted octanol–water partition coefficient (Wildman–Crippen LogP) is 1.04. The minimum absolute atomic E-state index is 0.136. The van der Waals surface area contributed by atoms with E-state index in [0.717, 1.165) is 31.3 Å². The largest absolute Gasteiger partial charge is 0.472 e. The Balaban J connectivity index is 1.53. The monoisotopic (exact) mass is 314 g/mol. The van der Waals surface area contributed by atoms with E-state index in [1.54, 1.807) is 19.4 Å². The number of imidazole rings is 1. The highest BCUT2D eigenvalue weighted by Gasteiger charge is 2.26. The van der Waals surface area contributed by atoms with Crippen molar-refractivity contribution in [1.82, 2.24) is 24.8 Å². The number of aliphatic imine (C=N–C) groups is 1. The van der Waals surface area contributed by atoms with Crippen molar-refractivity contribution in [2.24, 2.45) is 12.0 Å². The molecule has 1 unspecified atom stereocenters. The highest BCUT2D eigenvalue weighted by molar-refractivity contribution is 5.80. The summed E-state index contributed by atoms with van der Waals surface area (Å²) in [6.45, 7) is 2.37. The maximum atomic E-state index is 5.92. The van der Waals surface area contributed by atoms with E-state index < -0.39 is 0 Å². The molecule has 0 saturated carbocycles. The second-order valence-electron chi connectivity index (χ2n) is 5.50. The summed E-state index contributed by atoms with van der Waals surface area (Å²) >= 11 is 0. The molecule has 3 heterocycles. The number of guanidine groups is 1. The first-order valence-electron chi connectivity index (χ1n) is 7.75. The van der Waals surface area contributed by atoms with Gasteiger partial charge in [0.15, 0.2) is 5.96 Å². The number of rotatable bonds is 4. The fourth-order valence-electron chi connectivity index (χ4n) is 2.66. The lowest BCUT2D eigenvalue weighted by atomic mass is 10.3. The Morgan fingerprint density at radius 3 is 3.00 bits per heavy atom. The molecule has 23 heavy (non-hydrogen) atoms. The summed E-state index contributed by atoms with van der Waals surface area (Å²) in [5, 5.41) is 3.36. The number of hydrogen-bond acceptors (Lipinski definition) is 4. The van der Waals surface area contributed by atoms with Gasteiger partial charge < -0.3 is 19.5 Å². The second kappa shape index (κ2) is 7.13. The van der Waals surface area contributed by atoms with E-state index in [2.05, 4.69) is 25.2 Å². The Kier molecular flexibility index (Phi) is 4.75. The molecular weight excluding hydrogens is 292 g/mol. The molecule has 0 bridgehead atoms. The lowest BCUT2D eigenvalue weighted by Gasteiger charge is -2.21. The number of hydrogen-bond donors (Lipinski definition) is 1. The zero-order valence-electron chi connectivity index (χ0n) is 13.5. The molecule has 2 aromatic rings. The average molecular weight is 314 g/mol. The van der Waals surface area contributed by atoms with Gasteiger partial charge in [-0.1, -0.05) is 6.07 Å².